The summed E-state index contributed by atoms with van der Waals surface area (Å²) in [5.74, 6) is 0.800. The summed E-state index contributed by atoms with van der Waals surface area (Å²) < 4.78 is 1.78. The van der Waals surface area contributed by atoms with Gasteiger partial charge in [-0.05, 0) is 13.0 Å². The van der Waals surface area contributed by atoms with Crippen molar-refractivity contribution in [3.05, 3.63) is 48.1 Å². The molecule has 1 aromatic heterocycles. The van der Waals surface area contributed by atoms with Gasteiger partial charge in [0.15, 0.2) is 5.78 Å². The molecule has 0 spiro atoms. The largest absolute Gasteiger partial charge is 0.325 e. The summed E-state index contributed by atoms with van der Waals surface area (Å²) >= 11 is 0. The minimum absolute atomic E-state index is 0.0270. The van der Waals surface area contributed by atoms with Crippen LogP contribution in [0.3, 0.4) is 0 Å². The molecule has 16 heavy (non-hydrogen) atoms. The van der Waals surface area contributed by atoms with Crippen molar-refractivity contribution in [1.82, 2.24) is 9.55 Å². The number of carbonyl (C=O) groups excluding carboxylic acids is 1. The van der Waals surface area contributed by atoms with E-state index in [1.54, 1.807) is 10.8 Å². The zero-order chi connectivity index (χ0) is 12.0. The molecule has 0 saturated carbocycles. The Morgan fingerprint density at radius 2 is 2.00 bits per heavy atom. The van der Waals surface area contributed by atoms with E-state index < -0.39 is 0 Å². The molecule has 0 amide bonds. The minimum Gasteiger partial charge on any atom is -0.325 e. The second-order valence-electron chi connectivity index (χ2n) is 3.39. The molecule has 0 bridgehead atoms. The van der Waals surface area contributed by atoms with Crippen molar-refractivity contribution in [3.63, 3.8) is 0 Å². The van der Waals surface area contributed by atoms with Crippen molar-refractivity contribution in [2.75, 3.05) is 0 Å². The van der Waals surface area contributed by atoms with E-state index in [0.29, 0.717) is 5.69 Å². The molecular weight excluding hydrogens is 200 g/mol. The van der Waals surface area contributed by atoms with Crippen LogP contribution in [0.15, 0.2) is 36.6 Å². The van der Waals surface area contributed by atoms with Gasteiger partial charge in [-0.1, -0.05) is 30.4 Å². The van der Waals surface area contributed by atoms with E-state index in [-0.39, 0.29) is 5.78 Å². The molecule has 3 heteroatoms. The maximum absolute atomic E-state index is 11.2. The highest BCUT2D eigenvalue weighted by Gasteiger charge is 2.06. The van der Waals surface area contributed by atoms with E-state index in [0.717, 1.165) is 5.82 Å². The first-order valence-electron chi connectivity index (χ1n) is 5.15. The molecule has 1 aromatic rings. The summed E-state index contributed by atoms with van der Waals surface area (Å²) in [4.78, 5) is 15.3. The molecule has 3 nitrogen and oxygen atoms in total. The summed E-state index contributed by atoms with van der Waals surface area (Å²) in [5.41, 5.74) is 0.622. The first-order valence-corrected chi connectivity index (χ1v) is 5.15. The normalized spacial score (nSPS) is 12.2. The highest BCUT2D eigenvalue weighted by atomic mass is 16.1. The van der Waals surface area contributed by atoms with E-state index in [2.05, 4.69) is 4.98 Å². The van der Waals surface area contributed by atoms with Crippen LogP contribution in [0.25, 0.3) is 6.08 Å². The van der Waals surface area contributed by atoms with Gasteiger partial charge in [-0.25, -0.2) is 4.98 Å². The monoisotopic (exact) mass is 216 g/mol. The average Bonchev–Trinajstić information content (AvgIpc) is 2.60. The maximum Gasteiger partial charge on any atom is 0.177 e. The number of rotatable bonds is 4. The molecule has 0 aliphatic rings. The Morgan fingerprint density at radius 1 is 1.31 bits per heavy atom. The Balaban J connectivity index is 2.79. The van der Waals surface area contributed by atoms with E-state index in [1.165, 1.54) is 6.92 Å². The smallest absolute Gasteiger partial charge is 0.177 e. The zero-order valence-corrected chi connectivity index (χ0v) is 9.84. The predicted octanol–water partition coefficient (Wildman–Crippen LogP) is 2.77. The predicted molar refractivity (Wildman–Crippen MR) is 66.2 cm³/mol. The second kappa shape index (κ2) is 5.85. The lowest BCUT2D eigenvalue weighted by Crippen LogP contribution is -2.02. The molecule has 0 aromatic carbocycles. The number of imidazole rings is 1. The quantitative estimate of drug-likeness (QED) is 0.573. The number of Topliss-reactive ketones (excluding diaryl/α,β-unsaturated/α-hetero) is 1. The van der Waals surface area contributed by atoms with Crippen LogP contribution >= 0.6 is 0 Å². The van der Waals surface area contributed by atoms with Gasteiger partial charge in [-0.3, -0.25) is 4.79 Å². The van der Waals surface area contributed by atoms with Crippen LogP contribution in [0.2, 0.25) is 0 Å². The van der Waals surface area contributed by atoms with Crippen LogP contribution in [0.4, 0.5) is 0 Å². The van der Waals surface area contributed by atoms with Gasteiger partial charge in [0, 0.05) is 14.0 Å². The van der Waals surface area contributed by atoms with Crippen LogP contribution in [-0.4, -0.2) is 15.3 Å². The third-order valence-electron chi connectivity index (χ3n) is 2.16. The molecule has 1 heterocycles. The van der Waals surface area contributed by atoms with Crippen LogP contribution in [0, 0.1) is 0 Å². The molecule has 0 radical (unpaired) electrons. The van der Waals surface area contributed by atoms with E-state index in [4.69, 9.17) is 0 Å². The fourth-order valence-electron chi connectivity index (χ4n) is 1.29. The Hall–Kier alpha value is -1.90. The van der Waals surface area contributed by atoms with Crippen molar-refractivity contribution >= 4 is 11.9 Å². The van der Waals surface area contributed by atoms with E-state index in [9.17, 15) is 4.79 Å². The van der Waals surface area contributed by atoms with Crippen LogP contribution in [-0.2, 0) is 7.05 Å². The van der Waals surface area contributed by atoms with Gasteiger partial charge < -0.3 is 4.57 Å². The topological polar surface area (TPSA) is 34.9 Å². The number of hydrogen-bond donors (Lipinski definition) is 0. The minimum atomic E-state index is 0.0270. The van der Waals surface area contributed by atoms with Crippen molar-refractivity contribution in [3.8, 4) is 0 Å². The van der Waals surface area contributed by atoms with Gasteiger partial charge in [0.25, 0.3) is 0 Å². The lowest BCUT2D eigenvalue weighted by atomic mass is 10.3. The number of hydrogen-bond acceptors (Lipinski definition) is 2. The lowest BCUT2D eigenvalue weighted by molar-refractivity contribution is 0.101. The fraction of sp³-hybridized carbons (Fsp3) is 0.231. The van der Waals surface area contributed by atoms with Crippen LogP contribution < -0.4 is 0 Å². The Bertz CT molecular complexity index is 450. The van der Waals surface area contributed by atoms with Crippen LogP contribution in [0.1, 0.15) is 30.2 Å². The summed E-state index contributed by atoms with van der Waals surface area (Å²) in [5, 5.41) is 0. The molecule has 1 rings (SSSR count). The van der Waals surface area contributed by atoms with Crippen LogP contribution in [0.5, 0.6) is 0 Å². The highest BCUT2D eigenvalue weighted by molar-refractivity contribution is 5.92. The SMILES string of the molecule is C\C=C/C=C\C=C\c1ncc(C(C)=O)n1C. The molecule has 0 aliphatic heterocycles. The van der Waals surface area contributed by atoms with E-state index >= 15 is 0 Å². The van der Waals surface area contributed by atoms with Crippen molar-refractivity contribution in [2.24, 2.45) is 7.05 Å². The standard InChI is InChI=1S/C13H16N2O/c1-4-5-6-7-8-9-13-14-10-12(11(2)16)15(13)3/h4-10H,1-3H3/b5-4-,7-6-,9-8+. The molecule has 0 fully saturated rings. The maximum atomic E-state index is 11.2. The number of aromatic nitrogens is 2. The van der Waals surface area contributed by atoms with E-state index in [1.807, 2.05) is 50.4 Å². The van der Waals surface area contributed by atoms with Gasteiger partial charge in [0.1, 0.15) is 11.5 Å². The summed E-state index contributed by atoms with van der Waals surface area (Å²) in [7, 11) is 1.83. The highest BCUT2D eigenvalue weighted by Crippen LogP contribution is 2.05. The van der Waals surface area contributed by atoms with Gasteiger partial charge in [-0.15, -0.1) is 0 Å². The summed E-state index contributed by atoms with van der Waals surface area (Å²) in [6.07, 6.45) is 13.1. The lowest BCUT2D eigenvalue weighted by Gasteiger charge is -1.98. The average molecular weight is 216 g/mol. The Labute approximate surface area is 95.8 Å². The van der Waals surface area contributed by atoms with Gasteiger partial charge in [0.2, 0.25) is 0 Å². The second-order valence-corrected chi connectivity index (χ2v) is 3.39. The third kappa shape index (κ3) is 3.05. The molecule has 0 unspecified atom stereocenters. The third-order valence-corrected chi connectivity index (χ3v) is 2.16. The molecule has 0 N–H and O–H groups in total. The number of allylic oxidation sites excluding steroid dienone is 5. The zero-order valence-electron chi connectivity index (χ0n) is 9.84. The Kier molecular flexibility index (Phi) is 4.45. The summed E-state index contributed by atoms with van der Waals surface area (Å²) in [6, 6.07) is 0. The molecule has 0 saturated heterocycles. The van der Waals surface area contributed by atoms with Gasteiger partial charge in [0.05, 0.1) is 6.20 Å². The Morgan fingerprint density at radius 3 is 2.56 bits per heavy atom. The number of ketones is 1. The number of carbonyl (C=O) groups is 1. The summed E-state index contributed by atoms with van der Waals surface area (Å²) in [6.45, 7) is 3.50. The number of nitrogens with zero attached hydrogens (tertiary/aromatic N) is 2. The van der Waals surface area contributed by atoms with Crippen molar-refractivity contribution in [1.29, 1.82) is 0 Å². The molecule has 0 atom stereocenters. The first kappa shape index (κ1) is 12.2. The van der Waals surface area contributed by atoms with Gasteiger partial charge >= 0.3 is 0 Å². The molecular formula is C13H16N2O. The first-order chi connectivity index (χ1) is 7.66. The molecule has 0 aliphatic carbocycles. The van der Waals surface area contributed by atoms with Crippen molar-refractivity contribution < 1.29 is 4.79 Å². The molecule has 84 valence electrons. The van der Waals surface area contributed by atoms with Gasteiger partial charge in [-0.2, -0.15) is 0 Å². The van der Waals surface area contributed by atoms with Crippen molar-refractivity contribution in [2.45, 2.75) is 13.8 Å². The fourth-order valence-corrected chi connectivity index (χ4v) is 1.29.